The first-order valence-corrected chi connectivity index (χ1v) is 8.77. The Balaban J connectivity index is 2.31. The second kappa shape index (κ2) is 8.71. The summed E-state index contributed by atoms with van der Waals surface area (Å²) in [5.41, 5.74) is 1.27. The zero-order valence-electron chi connectivity index (χ0n) is 15.2. The first-order chi connectivity index (χ1) is 11.6. The van der Waals surface area contributed by atoms with E-state index in [2.05, 4.69) is 18.9 Å². The van der Waals surface area contributed by atoms with Crippen molar-refractivity contribution in [1.82, 2.24) is 9.78 Å². The Bertz CT molecular complexity index is 679. The summed E-state index contributed by atoms with van der Waals surface area (Å²) >= 11 is 0. The van der Waals surface area contributed by atoms with Crippen LogP contribution in [0, 0.1) is 5.92 Å². The highest BCUT2D eigenvalue weighted by Gasteiger charge is 2.18. The number of carbonyl (C=O) groups excluding carboxylic acids is 1. The second-order valence-corrected chi connectivity index (χ2v) is 6.22. The lowest BCUT2D eigenvalue weighted by molar-refractivity contribution is 0.0597. The monoisotopic (exact) mass is 332 g/mol. The van der Waals surface area contributed by atoms with Crippen LogP contribution in [-0.2, 0) is 11.3 Å². The van der Waals surface area contributed by atoms with E-state index >= 15 is 0 Å². The molecule has 5 heteroatoms. The fourth-order valence-electron chi connectivity index (χ4n) is 3.19. The molecule has 0 fully saturated rings. The second-order valence-electron chi connectivity index (χ2n) is 6.22. The number of aromatic nitrogens is 2. The molecular formula is C19H28N2O3. The molecule has 1 aromatic carbocycles. The van der Waals surface area contributed by atoms with E-state index in [4.69, 9.17) is 9.47 Å². The van der Waals surface area contributed by atoms with Gasteiger partial charge in [-0.25, -0.2) is 4.79 Å². The fraction of sp³-hybridized carbons (Fsp3) is 0.579. The van der Waals surface area contributed by atoms with Crippen LogP contribution in [0.2, 0.25) is 0 Å². The van der Waals surface area contributed by atoms with Crippen molar-refractivity contribution in [3.63, 3.8) is 0 Å². The maximum absolute atomic E-state index is 11.9. The van der Waals surface area contributed by atoms with Crippen LogP contribution in [0.1, 0.15) is 56.3 Å². The van der Waals surface area contributed by atoms with Gasteiger partial charge in [-0.15, -0.1) is 0 Å². The Labute approximate surface area is 143 Å². The van der Waals surface area contributed by atoms with Gasteiger partial charge in [0.15, 0.2) is 0 Å². The van der Waals surface area contributed by atoms with Gasteiger partial charge in [0.2, 0.25) is 0 Å². The molecule has 1 unspecified atom stereocenters. The van der Waals surface area contributed by atoms with E-state index in [1.54, 1.807) is 13.2 Å². The molecule has 0 radical (unpaired) electrons. The van der Waals surface area contributed by atoms with Gasteiger partial charge in [0.25, 0.3) is 0 Å². The molecule has 2 rings (SSSR count). The van der Waals surface area contributed by atoms with Crippen molar-refractivity contribution in [2.45, 2.75) is 52.5 Å². The van der Waals surface area contributed by atoms with Crippen LogP contribution < -0.4 is 4.74 Å². The van der Waals surface area contributed by atoms with Gasteiger partial charge in [0.1, 0.15) is 11.3 Å². The highest BCUT2D eigenvalue weighted by molar-refractivity contribution is 6.00. The van der Waals surface area contributed by atoms with Crippen molar-refractivity contribution in [2.24, 2.45) is 5.92 Å². The zero-order chi connectivity index (χ0) is 17.5. The lowest BCUT2D eigenvalue weighted by Crippen LogP contribution is -2.11. The van der Waals surface area contributed by atoms with E-state index in [1.165, 1.54) is 39.2 Å². The highest BCUT2D eigenvalue weighted by atomic mass is 16.5. The Kier molecular flexibility index (Phi) is 6.64. The van der Waals surface area contributed by atoms with Crippen LogP contribution in [0.25, 0.3) is 10.9 Å². The number of nitrogens with zero attached hydrogens (tertiary/aromatic N) is 2. The summed E-state index contributed by atoms with van der Waals surface area (Å²) in [6.45, 7) is 5.36. The number of unbranched alkanes of at least 4 members (excludes halogenated alkanes) is 1. The number of methoxy groups -OCH3 is 2. The van der Waals surface area contributed by atoms with Gasteiger partial charge < -0.3 is 9.47 Å². The van der Waals surface area contributed by atoms with E-state index in [-0.39, 0.29) is 0 Å². The van der Waals surface area contributed by atoms with Crippen LogP contribution in [0.15, 0.2) is 18.3 Å². The average Bonchev–Trinajstić information content (AvgIpc) is 3.00. The summed E-state index contributed by atoms with van der Waals surface area (Å²) in [4.78, 5) is 11.9. The van der Waals surface area contributed by atoms with E-state index in [1.807, 2.05) is 16.9 Å². The van der Waals surface area contributed by atoms with Crippen molar-refractivity contribution in [2.75, 3.05) is 14.2 Å². The molecule has 0 amide bonds. The molecule has 5 nitrogen and oxygen atoms in total. The first kappa shape index (κ1) is 18.3. The van der Waals surface area contributed by atoms with E-state index in [0.717, 1.165) is 17.4 Å². The summed E-state index contributed by atoms with van der Waals surface area (Å²) in [7, 11) is 2.94. The molecule has 1 heterocycles. The summed E-state index contributed by atoms with van der Waals surface area (Å²) in [5, 5.41) is 5.52. The minimum Gasteiger partial charge on any atom is -0.495 e. The van der Waals surface area contributed by atoms with Gasteiger partial charge in [0, 0.05) is 12.7 Å². The molecule has 0 saturated heterocycles. The summed E-state index contributed by atoms with van der Waals surface area (Å²) in [5.74, 6) is 0.773. The normalized spacial score (nSPS) is 12.3. The lowest BCUT2D eigenvalue weighted by atomic mass is 9.97. The number of esters is 1. The third-order valence-corrected chi connectivity index (χ3v) is 4.40. The molecule has 0 aliphatic carbocycles. The lowest BCUT2D eigenvalue weighted by Gasteiger charge is -2.15. The van der Waals surface area contributed by atoms with Gasteiger partial charge in [-0.2, -0.15) is 5.10 Å². The number of benzene rings is 1. The molecule has 0 N–H and O–H groups in total. The van der Waals surface area contributed by atoms with E-state index in [9.17, 15) is 4.79 Å². The molecule has 1 atom stereocenters. The Morgan fingerprint density at radius 2 is 2.00 bits per heavy atom. The number of hydrogen-bond acceptors (Lipinski definition) is 4. The Morgan fingerprint density at radius 1 is 1.21 bits per heavy atom. The van der Waals surface area contributed by atoms with Gasteiger partial charge in [-0.1, -0.05) is 33.1 Å². The van der Waals surface area contributed by atoms with Gasteiger partial charge in [-0.05, 0) is 30.9 Å². The minimum atomic E-state index is -0.395. The third-order valence-electron chi connectivity index (χ3n) is 4.40. The maximum atomic E-state index is 11.9. The Morgan fingerprint density at radius 3 is 2.62 bits per heavy atom. The third kappa shape index (κ3) is 4.08. The fourth-order valence-corrected chi connectivity index (χ4v) is 3.19. The number of hydrogen-bond donors (Lipinski definition) is 0. The molecule has 0 saturated carbocycles. The van der Waals surface area contributed by atoms with Crippen LogP contribution in [-0.4, -0.2) is 30.0 Å². The number of rotatable bonds is 9. The summed E-state index contributed by atoms with van der Waals surface area (Å²) in [6, 6.07) is 3.56. The Hall–Kier alpha value is -2.04. The molecular weight excluding hydrogens is 304 g/mol. The van der Waals surface area contributed by atoms with E-state index < -0.39 is 5.97 Å². The molecule has 24 heavy (non-hydrogen) atoms. The molecule has 1 aromatic heterocycles. The molecule has 2 aromatic rings. The topological polar surface area (TPSA) is 53.4 Å². The quantitative estimate of drug-likeness (QED) is 0.637. The van der Waals surface area contributed by atoms with E-state index in [0.29, 0.717) is 17.2 Å². The predicted molar refractivity (Wildman–Crippen MR) is 95.5 cm³/mol. The molecule has 132 valence electrons. The SMILES string of the molecule is CCCCC(CCC)Cn1cc2c(OC)c(C(=O)OC)ccc2n1. The summed E-state index contributed by atoms with van der Waals surface area (Å²) in [6.07, 6.45) is 8.07. The van der Waals surface area contributed by atoms with Gasteiger partial charge in [0.05, 0.1) is 25.1 Å². The molecule has 0 aliphatic heterocycles. The van der Waals surface area contributed by atoms with Crippen molar-refractivity contribution in [3.8, 4) is 5.75 Å². The minimum absolute atomic E-state index is 0.395. The zero-order valence-corrected chi connectivity index (χ0v) is 15.2. The van der Waals surface area contributed by atoms with Crippen LogP contribution in [0.3, 0.4) is 0 Å². The van der Waals surface area contributed by atoms with Gasteiger partial charge >= 0.3 is 5.97 Å². The van der Waals surface area contributed by atoms with Crippen LogP contribution >= 0.6 is 0 Å². The largest absolute Gasteiger partial charge is 0.495 e. The number of fused-ring (bicyclic) bond motifs is 1. The highest BCUT2D eigenvalue weighted by Crippen LogP contribution is 2.30. The summed E-state index contributed by atoms with van der Waals surface area (Å²) < 4.78 is 12.3. The van der Waals surface area contributed by atoms with Crippen LogP contribution in [0.5, 0.6) is 5.75 Å². The van der Waals surface area contributed by atoms with Crippen molar-refractivity contribution < 1.29 is 14.3 Å². The van der Waals surface area contributed by atoms with Crippen molar-refractivity contribution >= 4 is 16.9 Å². The maximum Gasteiger partial charge on any atom is 0.341 e. The van der Waals surface area contributed by atoms with Crippen molar-refractivity contribution in [1.29, 1.82) is 0 Å². The molecule has 0 spiro atoms. The van der Waals surface area contributed by atoms with Crippen LogP contribution in [0.4, 0.5) is 0 Å². The predicted octanol–water partition coefficient (Wildman–Crippen LogP) is 4.44. The number of carbonyl (C=O) groups is 1. The molecule has 0 bridgehead atoms. The molecule has 0 aliphatic rings. The van der Waals surface area contributed by atoms with Crippen molar-refractivity contribution in [3.05, 3.63) is 23.9 Å². The smallest absolute Gasteiger partial charge is 0.341 e. The standard InChI is InChI=1S/C19H28N2O3/c1-5-7-9-14(8-6-2)12-21-13-16-17(20-21)11-10-15(18(16)23-3)19(22)24-4/h10-11,13-14H,5-9,12H2,1-4H3. The first-order valence-electron chi connectivity index (χ1n) is 8.77. The average molecular weight is 332 g/mol. The van der Waals surface area contributed by atoms with Gasteiger partial charge in [-0.3, -0.25) is 4.68 Å². The number of ether oxygens (including phenoxy) is 2.